The molecule has 0 radical (unpaired) electrons. The molecular formula is C16H22N2O. The van der Waals surface area contributed by atoms with Crippen LogP contribution in [0.4, 0.5) is 0 Å². The van der Waals surface area contributed by atoms with Crippen LogP contribution in [-0.2, 0) is 11.4 Å². The monoisotopic (exact) mass is 258 g/mol. The van der Waals surface area contributed by atoms with Crippen molar-refractivity contribution < 1.29 is 4.84 Å². The minimum atomic E-state index is 0.143. The average Bonchev–Trinajstić information content (AvgIpc) is 2.44. The van der Waals surface area contributed by atoms with E-state index < -0.39 is 0 Å². The lowest BCUT2D eigenvalue weighted by Crippen LogP contribution is -2.01. The molecule has 0 aliphatic carbocycles. The number of oxime groups is 1. The van der Waals surface area contributed by atoms with Crippen LogP contribution in [0, 0.1) is 17.2 Å². The maximum Gasteiger partial charge on any atom is 0.142 e. The second kappa shape index (κ2) is 9.16. The van der Waals surface area contributed by atoms with Gasteiger partial charge in [-0.2, -0.15) is 5.26 Å². The van der Waals surface area contributed by atoms with Crippen molar-refractivity contribution in [2.24, 2.45) is 11.1 Å². The van der Waals surface area contributed by atoms with E-state index in [0.29, 0.717) is 6.61 Å². The molecule has 102 valence electrons. The van der Waals surface area contributed by atoms with Gasteiger partial charge in [-0.25, -0.2) is 0 Å². The molecule has 1 aromatic rings. The van der Waals surface area contributed by atoms with E-state index in [9.17, 15) is 0 Å². The quantitative estimate of drug-likeness (QED) is 0.515. The fourth-order valence-corrected chi connectivity index (χ4v) is 1.84. The Morgan fingerprint density at radius 3 is 2.68 bits per heavy atom. The first-order valence-corrected chi connectivity index (χ1v) is 6.85. The molecule has 3 heteroatoms. The highest BCUT2D eigenvalue weighted by molar-refractivity contribution is 5.81. The Bertz CT molecular complexity index is 420. The normalized spacial score (nSPS) is 12.8. The minimum Gasteiger partial charge on any atom is -0.391 e. The first-order chi connectivity index (χ1) is 9.26. The first kappa shape index (κ1) is 15.2. The molecule has 0 N–H and O–H groups in total. The molecule has 0 spiro atoms. The molecule has 0 saturated heterocycles. The van der Waals surface area contributed by atoms with Gasteiger partial charge in [0.05, 0.1) is 11.8 Å². The second-order valence-corrected chi connectivity index (χ2v) is 4.74. The molecule has 0 amide bonds. The van der Waals surface area contributed by atoms with Gasteiger partial charge >= 0.3 is 0 Å². The largest absolute Gasteiger partial charge is 0.391 e. The van der Waals surface area contributed by atoms with Crippen molar-refractivity contribution in [3.8, 4) is 6.07 Å². The van der Waals surface area contributed by atoms with E-state index in [1.54, 1.807) is 0 Å². The van der Waals surface area contributed by atoms with Gasteiger partial charge in [-0.1, -0.05) is 48.8 Å². The van der Waals surface area contributed by atoms with Gasteiger partial charge in [0.1, 0.15) is 6.61 Å². The summed E-state index contributed by atoms with van der Waals surface area (Å²) in [6.45, 7) is 4.55. The number of hydrogen-bond donors (Lipinski definition) is 0. The highest BCUT2D eigenvalue weighted by Crippen LogP contribution is 2.13. The predicted molar refractivity (Wildman–Crippen MR) is 77.6 cm³/mol. The highest BCUT2D eigenvalue weighted by Gasteiger charge is 2.06. The molecule has 3 nitrogen and oxygen atoms in total. The lowest BCUT2D eigenvalue weighted by molar-refractivity contribution is 0.129. The van der Waals surface area contributed by atoms with Crippen LogP contribution in [0.1, 0.15) is 45.1 Å². The van der Waals surface area contributed by atoms with Crippen molar-refractivity contribution in [3.63, 3.8) is 0 Å². The van der Waals surface area contributed by atoms with Crippen molar-refractivity contribution >= 4 is 5.71 Å². The van der Waals surface area contributed by atoms with Crippen LogP contribution in [0.5, 0.6) is 0 Å². The molecule has 1 unspecified atom stereocenters. The van der Waals surface area contributed by atoms with E-state index in [1.165, 1.54) is 0 Å². The Morgan fingerprint density at radius 2 is 2.05 bits per heavy atom. The zero-order valence-electron chi connectivity index (χ0n) is 11.8. The second-order valence-electron chi connectivity index (χ2n) is 4.74. The number of rotatable bonds is 8. The summed E-state index contributed by atoms with van der Waals surface area (Å²) in [4.78, 5) is 5.31. The minimum absolute atomic E-state index is 0.143. The summed E-state index contributed by atoms with van der Waals surface area (Å²) in [6, 6.07) is 12.3. The maximum atomic E-state index is 8.97. The Kier molecular flexibility index (Phi) is 7.34. The van der Waals surface area contributed by atoms with Crippen molar-refractivity contribution in [1.82, 2.24) is 0 Å². The van der Waals surface area contributed by atoms with Gasteiger partial charge in [0.25, 0.3) is 0 Å². The maximum absolute atomic E-state index is 8.97. The van der Waals surface area contributed by atoms with Gasteiger partial charge in [0.15, 0.2) is 0 Å². The van der Waals surface area contributed by atoms with Gasteiger partial charge in [-0.15, -0.1) is 0 Å². The Morgan fingerprint density at radius 1 is 1.32 bits per heavy atom. The van der Waals surface area contributed by atoms with Crippen LogP contribution in [0.25, 0.3) is 0 Å². The Balaban J connectivity index is 2.27. The summed E-state index contributed by atoms with van der Waals surface area (Å²) < 4.78 is 0. The summed E-state index contributed by atoms with van der Waals surface area (Å²) in [5.41, 5.74) is 2.06. The molecule has 1 atom stereocenters. The van der Waals surface area contributed by atoms with Crippen molar-refractivity contribution in [2.75, 3.05) is 0 Å². The van der Waals surface area contributed by atoms with Crippen LogP contribution in [0.2, 0.25) is 0 Å². The topological polar surface area (TPSA) is 45.4 Å². The fourth-order valence-electron chi connectivity index (χ4n) is 1.84. The molecule has 19 heavy (non-hydrogen) atoms. The molecule has 0 aliphatic heterocycles. The molecule has 0 bridgehead atoms. The summed E-state index contributed by atoms with van der Waals surface area (Å²) in [6.07, 6.45) is 3.72. The smallest absolute Gasteiger partial charge is 0.142 e. The van der Waals surface area contributed by atoms with Crippen LogP contribution in [0.3, 0.4) is 0 Å². The van der Waals surface area contributed by atoms with E-state index in [0.717, 1.165) is 37.0 Å². The third-order valence-corrected chi connectivity index (χ3v) is 2.97. The van der Waals surface area contributed by atoms with E-state index in [-0.39, 0.29) is 5.92 Å². The van der Waals surface area contributed by atoms with Gasteiger partial charge in [0.2, 0.25) is 0 Å². The summed E-state index contributed by atoms with van der Waals surface area (Å²) >= 11 is 0. The Labute approximate surface area is 115 Å². The van der Waals surface area contributed by atoms with E-state index >= 15 is 0 Å². The average molecular weight is 258 g/mol. The Hall–Kier alpha value is -1.82. The number of nitrogens with zero attached hydrogens (tertiary/aromatic N) is 2. The zero-order chi connectivity index (χ0) is 13.9. The summed E-state index contributed by atoms with van der Waals surface area (Å²) in [7, 11) is 0. The van der Waals surface area contributed by atoms with Crippen molar-refractivity contribution in [1.29, 1.82) is 5.26 Å². The predicted octanol–water partition coefficient (Wildman–Crippen LogP) is 4.30. The van der Waals surface area contributed by atoms with Gasteiger partial charge in [-0.3, -0.25) is 0 Å². The third kappa shape index (κ3) is 6.61. The van der Waals surface area contributed by atoms with Crippen LogP contribution in [-0.4, -0.2) is 5.71 Å². The SMILES string of the molecule is CCCC(C#N)CCC(C)=NOCc1ccccc1. The molecule has 1 aromatic carbocycles. The first-order valence-electron chi connectivity index (χ1n) is 6.85. The molecule has 0 heterocycles. The van der Waals surface area contributed by atoms with Crippen molar-refractivity contribution in [3.05, 3.63) is 35.9 Å². The standard InChI is InChI=1S/C16H22N2O/c1-3-7-15(12-17)11-10-14(2)18-19-13-16-8-5-4-6-9-16/h4-6,8-9,15H,3,7,10-11,13H2,1-2H3. The van der Waals surface area contributed by atoms with E-state index in [1.807, 2.05) is 37.3 Å². The molecule has 0 fully saturated rings. The number of hydrogen-bond acceptors (Lipinski definition) is 3. The zero-order valence-corrected chi connectivity index (χ0v) is 11.8. The van der Waals surface area contributed by atoms with E-state index in [2.05, 4.69) is 18.1 Å². The van der Waals surface area contributed by atoms with Crippen LogP contribution in [0.15, 0.2) is 35.5 Å². The number of nitriles is 1. The summed E-state index contributed by atoms with van der Waals surface area (Å²) in [5.74, 6) is 0.143. The van der Waals surface area contributed by atoms with E-state index in [4.69, 9.17) is 10.1 Å². The lowest BCUT2D eigenvalue weighted by Gasteiger charge is -2.07. The molecule has 0 saturated carbocycles. The van der Waals surface area contributed by atoms with Crippen LogP contribution >= 0.6 is 0 Å². The molecule has 0 aliphatic rings. The molecule has 0 aromatic heterocycles. The lowest BCUT2D eigenvalue weighted by atomic mass is 9.98. The number of benzene rings is 1. The van der Waals surface area contributed by atoms with Gasteiger partial charge < -0.3 is 4.84 Å². The van der Waals surface area contributed by atoms with Crippen molar-refractivity contribution in [2.45, 2.75) is 46.1 Å². The van der Waals surface area contributed by atoms with Gasteiger partial charge in [0, 0.05) is 5.92 Å². The highest BCUT2D eigenvalue weighted by atomic mass is 16.6. The molecular weight excluding hydrogens is 236 g/mol. The fraction of sp³-hybridized carbons (Fsp3) is 0.500. The van der Waals surface area contributed by atoms with Crippen LogP contribution < -0.4 is 0 Å². The van der Waals surface area contributed by atoms with Gasteiger partial charge in [-0.05, 0) is 31.7 Å². The summed E-state index contributed by atoms with van der Waals surface area (Å²) in [5, 5.41) is 13.1. The molecule has 1 rings (SSSR count). The third-order valence-electron chi connectivity index (χ3n) is 2.97.